The van der Waals surface area contributed by atoms with Gasteiger partial charge < -0.3 is 14.1 Å². The van der Waals surface area contributed by atoms with Crippen molar-refractivity contribution in [3.8, 4) is 5.75 Å². The highest BCUT2D eigenvalue weighted by molar-refractivity contribution is 6.32. The Hall–Kier alpha value is -2.50. The molecule has 0 atom stereocenters. The molecule has 2 heterocycles. The fraction of sp³-hybridized carbons (Fsp3) is 0.348. The van der Waals surface area contributed by atoms with Crippen molar-refractivity contribution < 1.29 is 9.15 Å². The Labute approximate surface area is 175 Å². The van der Waals surface area contributed by atoms with Gasteiger partial charge in [-0.05, 0) is 53.9 Å². The molecule has 1 aromatic heterocycles. The average Bonchev–Trinajstić information content (AvgIpc) is 2.74. The molecule has 0 aliphatic carbocycles. The Bertz CT molecular complexity index is 1050. The zero-order chi connectivity index (χ0) is 20.4. The molecule has 0 N–H and O–H groups in total. The van der Waals surface area contributed by atoms with E-state index in [1.165, 1.54) is 5.69 Å². The molecule has 4 rings (SSSR count). The number of halogens is 1. The van der Waals surface area contributed by atoms with E-state index in [4.69, 9.17) is 20.8 Å². The SMILES string of the molecule is CCc1cc2oc(=O)cc(CN3CCN(c4ccc(OC)cc4)CC3)c2cc1Cl. The van der Waals surface area contributed by atoms with Crippen LogP contribution in [0.2, 0.25) is 5.02 Å². The number of fused-ring (bicyclic) bond motifs is 1. The van der Waals surface area contributed by atoms with Crippen LogP contribution in [0.3, 0.4) is 0 Å². The third-order valence-electron chi connectivity index (χ3n) is 5.58. The molecule has 29 heavy (non-hydrogen) atoms. The molecule has 0 bridgehead atoms. The third kappa shape index (κ3) is 4.26. The summed E-state index contributed by atoms with van der Waals surface area (Å²) in [4.78, 5) is 16.8. The van der Waals surface area contributed by atoms with E-state index in [0.717, 1.165) is 59.9 Å². The van der Waals surface area contributed by atoms with Crippen molar-refractivity contribution in [2.45, 2.75) is 19.9 Å². The van der Waals surface area contributed by atoms with Gasteiger partial charge in [0.15, 0.2) is 0 Å². The van der Waals surface area contributed by atoms with E-state index in [9.17, 15) is 4.79 Å². The molecular formula is C23H25ClN2O3. The zero-order valence-corrected chi connectivity index (χ0v) is 17.5. The summed E-state index contributed by atoms with van der Waals surface area (Å²) >= 11 is 6.42. The summed E-state index contributed by atoms with van der Waals surface area (Å²) in [6, 6.07) is 13.6. The number of anilines is 1. The van der Waals surface area contributed by atoms with Gasteiger partial charge in [-0.1, -0.05) is 18.5 Å². The van der Waals surface area contributed by atoms with Crippen LogP contribution in [0.4, 0.5) is 5.69 Å². The highest BCUT2D eigenvalue weighted by Crippen LogP contribution is 2.27. The van der Waals surface area contributed by atoms with Gasteiger partial charge in [-0.15, -0.1) is 0 Å². The largest absolute Gasteiger partial charge is 0.497 e. The first kappa shape index (κ1) is 19.8. The van der Waals surface area contributed by atoms with Crippen molar-refractivity contribution in [3.05, 3.63) is 69.0 Å². The average molecular weight is 413 g/mol. The van der Waals surface area contributed by atoms with Crippen molar-refractivity contribution in [2.75, 3.05) is 38.2 Å². The minimum absolute atomic E-state index is 0.311. The summed E-state index contributed by atoms with van der Waals surface area (Å²) in [5, 5.41) is 1.64. The molecule has 1 aliphatic heterocycles. The summed E-state index contributed by atoms with van der Waals surface area (Å²) in [5.41, 5.74) is 3.47. The third-order valence-corrected chi connectivity index (χ3v) is 5.93. The number of ether oxygens (including phenoxy) is 1. The van der Waals surface area contributed by atoms with Gasteiger partial charge in [0, 0.05) is 54.9 Å². The van der Waals surface area contributed by atoms with Gasteiger partial charge in [-0.3, -0.25) is 4.90 Å². The van der Waals surface area contributed by atoms with E-state index in [-0.39, 0.29) is 5.63 Å². The Morgan fingerprint density at radius 3 is 2.41 bits per heavy atom. The number of rotatable bonds is 5. The first-order chi connectivity index (χ1) is 14.1. The minimum atomic E-state index is -0.311. The van der Waals surface area contributed by atoms with Crippen molar-refractivity contribution in [1.29, 1.82) is 0 Å². The second-order valence-electron chi connectivity index (χ2n) is 7.35. The van der Waals surface area contributed by atoms with Crippen LogP contribution in [0.5, 0.6) is 5.75 Å². The Morgan fingerprint density at radius 1 is 1.03 bits per heavy atom. The molecule has 6 heteroatoms. The first-order valence-corrected chi connectivity index (χ1v) is 10.3. The summed E-state index contributed by atoms with van der Waals surface area (Å²) in [7, 11) is 1.68. The molecular weight excluding hydrogens is 388 g/mol. The molecule has 1 saturated heterocycles. The predicted octanol–water partition coefficient (Wildman–Crippen LogP) is 4.34. The van der Waals surface area contributed by atoms with Crippen LogP contribution in [-0.4, -0.2) is 38.2 Å². The van der Waals surface area contributed by atoms with E-state index < -0.39 is 0 Å². The molecule has 0 spiro atoms. The Kier molecular flexibility index (Phi) is 5.79. The van der Waals surface area contributed by atoms with Crippen LogP contribution in [0, 0.1) is 0 Å². The lowest BCUT2D eigenvalue weighted by Gasteiger charge is -2.36. The van der Waals surface area contributed by atoms with Gasteiger partial charge in [0.2, 0.25) is 0 Å². The van der Waals surface area contributed by atoms with Crippen molar-refractivity contribution in [1.82, 2.24) is 4.90 Å². The van der Waals surface area contributed by atoms with E-state index in [1.54, 1.807) is 13.2 Å². The summed E-state index contributed by atoms with van der Waals surface area (Å²) in [6.45, 7) is 6.47. The Morgan fingerprint density at radius 2 is 1.76 bits per heavy atom. The van der Waals surface area contributed by atoms with Crippen molar-refractivity contribution in [3.63, 3.8) is 0 Å². The molecule has 0 radical (unpaired) electrons. The lowest BCUT2D eigenvalue weighted by atomic mass is 10.1. The summed E-state index contributed by atoms with van der Waals surface area (Å²) in [6.07, 6.45) is 0.802. The quantitative estimate of drug-likeness (QED) is 0.583. The molecule has 2 aromatic carbocycles. The topological polar surface area (TPSA) is 45.9 Å². The van der Waals surface area contributed by atoms with Crippen molar-refractivity contribution in [2.24, 2.45) is 0 Å². The van der Waals surface area contributed by atoms with Gasteiger partial charge in [0.25, 0.3) is 0 Å². The highest BCUT2D eigenvalue weighted by atomic mass is 35.5. The van der Waals surface area contributed by atoms with E-state index >= 15 is 0 Å². The molecule has 0 saturated carbocycles. The van der Waals surface area contributed by atoms with E-state index in [2.05, 4.69) is 21.9 Å². The predicted molar refractivity (Wildman–Crippen MR) is 117 cm³/mol. The van der Waals surface area contributed by atoms with Crippen LogP contribution in [0.15, 0.2) is 51.7 Å². The number of aryl methyl sites for hydroxylation is 1. The molecule has 3 aromatic rings. The lowest BCUT2D eigenvalue weighted by Crippen LogP contribution is -2.46. The molecule has 1 aliphatic rings. The van der Waals surface area contributed by atoms with Crippen LogP contribution < -0.4 is 15.3 Å². The fourth-order valence-corrected chi connectivity index (χ4v) is 4.19. The van der Waals surface area contributed by atoms with Gasteiger partial charge in [-0.2, -0.15) is 0 Å². The normalized spacial score (nSPS) is 15.1. The van der Waals surface area contributed by atoms with Gasteiger partial charge in [-0.25, -0.2) is 4.79 Å². The number of hydrogen-bond acceptors (Lipinski definition) is 5. The molecule has 0 unspecified atom stereocenters. The lowest BCUT2D eigenvalue weighted by molar-refractivity contribution is 0.250. The van der Waals surface area contributed by atoms with E-state index in [1.807, 2.05) is 31.2 Å². The second-order valence-corrected chi connectivity index (χ2v) is 7.75. The van der Waals surface area contributed by atoms with Crippen molar-refractivity contribution >= 4 is 28.3 Å². The van der Waals surface area contributed by atoms with Crippen LogP contribution in [0.1, 0.15) is 18.1 Å². The summed E-state index contributed by atoms with van der Waals surface area (Å²) in [5.74, 6) is 0.868. The number of piperazine rings is 1. The number of benzene rings is 2. The number of methoxy groups -OCH3 is 1. The fourth-order valence-electron chi connectivity index (χ4n) is 3.89. The van der Waals surface area contributed by atoms with Crippen LogP contribution in [-0.2, 0) is 13.0 Å². The maximum absolute atomic E-state index is 12.1. The first-order valence-electron chi connectivity index (χ1n) is 9.94. The van der Waals surface area contributed by atoms with Gasteiger partial charge >= 0.3 is 5.63 Å². The van der Waals surface area contributed by atoms with Gasteiger partial charge in [0.05, 0.1) is 7.11 Å². The zero-order valence-electron chi connectivity index (χ0n) is 16.8. The maximum Gasteiger partial charge on any atom is 0.336 e. The van der Waals surface area contributed by atoms with Gasteiger partial charge in [0.1, 0.15) is 11.3 Å². The maximum atomic E-state index is 12.1. The molecule has 152 valence electrons. The number of nitrogens with zero attached hydrogens (tertiary/aromatic N) is 2. The number of hydrogen-bond donors (Lipinski definition) is 0. The van der Waals surface area contributed by atoms with E-state index in [0.29, 0.717) is 12.1 Å². The smallest absolute Gasteiger partial charge is 0.336 e. The Balaban J connectivity index is 1.49. The monoisotopic (exact) mass is 412 g/mol. The second kappa shape index (κ2) is 8.47. The highest BCUT2D eigenvalue weighted by Gasteiger charge is 2.19. The minimum Gasteiger partial charge on any atom is -0.497 e. The summed E-state index contributed by atoms with van der Waals surface area (Å²) < 4.78 is 10.7. The molecule has 5 nitrogen and oxygen atoms in total. The molecule has 0 amide bonds. The van der Waals surface area contributed by atoms with Crippen LogP contribution in [0.25, 0.3) is 11.0 Å². The molecule has 1 fully saturated rings. The van der Waals surface area contributed by atoms with Crippen LogP contribution >= 0.6 is 11.6 Å². The standard InChI is InChI=1S/C23H25ClN2O3/c1-3-16-12-22-20(14-21(16)24)17(13-23(27)29-22)15-25-8-10-26(11-9-25)18-4-6-19(28-2)7-5-18/h4-7,12-14H,3,8-11,15H2,1-2H3.